The van der Waals surface area contributed by atoms with Crippen molar-refractivity contribution < 1.29 is 0 Å². The van der Waals surface area contributed by atoms with Crippen LogP contribution in [-0.4, -0.2) is 39.3 Å². The molecule has 4 heterocycles. The highest BCUT2D eigenvalue weighted by atomic mass is 32.2. The summed E-state index contributed by atoms with van der Waals surface area (Å²) < 4.78 is 3.01. The highest BCUT2D eigenvalue weighted by molar-refractivity contribution is 7.99. The molecule has 0 saturated heterocycles. The van der Waals surface area contributed by atoms with Gasteiger partial charge in [0.2, 0.25) is 11.1 Å². The quantitative estimate of drug-likeness (QED) is 0.504. The summed E-state index contributed by atoms with van der Waals surface area (Å²) in [6.45, 7) is 3.58. The van der Waals surface area contributed by atoms with Crippen molar-refractivity contribution in [1.82, 2.24) is 39.3 Å². The highest BCUT2D eigenvalue weighted by Gasteiger charge is 2.16. The zero-order valence-electron chi connectivity index (χ0n) is 15.0. The molecule has 138 valence electrons. The first kappa shape index (κ1) is 16.6. The first-order chi connectivity index (χ1) is 13.6. The number of fused-ring (bicyclic) bond motifs is 3. The van der Waals surface area contributed by atoms with Crippen molar-refractivity contribution in [2.45, 2.75) is 23.9 Å². The number of benzene rings is 1. The number of aromatic amines is 1. The number of rotatable bonds is 3. The Hall–Kier alpha value is -3.53. The van der Waals surface area contributed by atoms with Gasteiger partial charge in [0.1, 0.15) is 5.82 Å². The van der Waals surface area contributed by atoms with E-state index in [0.717, 1.165) is 4.90 Å². The van der Waals surface area contributed by atoms with Crippen molar-refractivity contribution in [3.63, 3.8) is 0 Å². The molecule has 0 radical (unpaired) electrons. The number of aromatic nitrogens is 8. The van der Waals surface area contributed by atoms with Gasteiger partial charge in [0.05, 0.1) is 16.6 Å². The number of hydrogen-bond donors (Lipinski definition) is 1. The lowest BCUT2D eigenvalue weighted by Crippen LogP contribution is -2.21. The molecular weight excluding hydrogens is 376 g/mol. The lowest BCUT2D eigenvalue weighted by atomic mass is 10.2. The van der Waals surface area contributed by atoms with Gasteiger partial charge in [-0.3, -0.25) is 9.36 Å². The van der Waals surface area contributed by atoms with Crippen LogP contribution in [-0.2, 0) is 0 Å². The Bertz CT molecular complexity index is 1390. The van der Waals surface area contributed by atoms with Gasteiger partial charge in [-0.1, -0.05) is 18.2 Å². The molecule has 28 heavy (non-hydrogen) atoms. The molecule has 9 nitrogen and oxygen atoms in total. The van der Waals surface area contributed by atoms with E-state index < -0.39 is 0 Å². The lowest BCUT2D eigenvalue weighted by Gasteiger charge is -2.06. The van der Waals surface area contributed by atoms with Crippen LogP contribution in [0.2, 0.25) is 0 Å². The molecule has 5 aromatic rings. The van der Waals surface area contributed by atoms with E-state index in [1.807, 2.05) is 30.3 Å². The largest absolute Gasteiger partial charge is 0.268 e. The predicted molar refractivity (Wildman–Crippen MR) is 104 cm³/mol. The Kier molecular flexibility index (Phi) is 3.72. The number of hydrogen-bond acceptors (Lipinski definition) is 7. The minimum absolute atomic E-state index is 0.245. The molecule has 0 aliphatic heterocycles. The molecule has 5 rings (SSSR count). The summed E-state index contributed by atoms with van der Waals surface area (Å²) in [6.07, 6.45) is 1.65. The standard InChI is InChI=1S/C18H14N8OS/c1-10-14-13(26-16(19-10)20-11(2)24-26)8-9-25(15(14)27)17-21-18(23-22-17)28-12-6-4-3-5-7-12/h3-9H,1-2H3,(H,21,22,23). The second-order valence-corrected chi connectivity index (χ2v) is 7.22. The zero-order chi connectivity index (χ0) is 19.3. The van der Waals surface area contributed by atoms with Crippen LogP contribution in [0.3, 0.4) is 0 Å². The molecule has 4 aromatic heterocycles. The Morgan fingerprint density at radius 2 is 1.86 bits per heavy atom. The van der Waals surface area contributed by atoms with E-state index in [1.54, 1.807) is 30.6 Å². The molecule has 0 saturated carbocycles. The molecular formula is C18H14N8OS. The van der Waals surface area contributed by atoms with Gasteiger partial charge in [0.15, 0.2) is 0 Å². The number of H-pyrrole nitrogens is 1. The maximum absolute atomic E-state index is 13.1. The monoisotopic (exact) mass is 390 g/mol. The summed E-state index contributed by atoms with van der Waals surface area (Å²) in [5, 5.41) is 12.4. The summed E-state index contributed by atoms with van der Waals surface area (Å²) in [5.74, 6) is 1.42. The fraction of sp³-hybridized carbons (Fsp3) is 0.111. The highest BCUT2D eigenvalue weighted by Crippen LogP contribution is 2.24. The lowest BCUT2D eigenvalue weighted by molar-refractivity contribution is 0.889. The molecule has 0 fully saturated rings. The van der Waals surface area contributed by atoms with E-state index in [2.05, 4.69) is 30.2 Å². The third-order valence-electron chi connectivity index (χ3n) is 4.26. The van der Waals surface area contributed by atoms with Gasteiger partial charge in [-0.25, -0.2) is 10.1 Å². The molecule has 0 bridgehead atoms. The zero-order valence-corrected chi connectivity index (χ0v) is 15.8. The molecule has 0 spiro atoms. The van der Waals surface area contributed by atoms with Gasteiger partial charge in [0, 0.05) is 11.1 Å². The van der Waals surface area contributed by atoms with E-state index in [-0.39, 0.29) is 5.56 Å². The third kappa shape index (κ3) is 2.65. The van der Waals surface area contributed by atoms with E-state index in [1.165, 1.54) is 16.3 Å². The van der Waals surface area contributed by atoms with Crippen LogP contribution >= 0.6 is 11.8 Å². The third-order valence-corrected chi connectivity index (χ3v) is 5.13. The second kappa shape index (κ2) is 6.27. The average molecular weight is 390 g/mol. The molecule has 0 atom stereocenters. The first-order valence-corrected chi connectivity index (χ1v) is 9.33. The molecule has 0 amide bonds. The summed E-state index contributed by atoms with van der Waals surface area (Å²) in [5.41, 5.74) is 1.00. The predicted octanol–water partition coefficient (Wildman–Crippen LogP) is 2.31. The first-order valence-electron chi connectivity index (χ1n) is 8.51. The van der Waals surface area contributed by atoms with Crippen LogP contribution < -0.4 is 5.56 Å². The smallest absolute Gasteiger partial charge is 0.268 e. The number of pyridine rings is 1. The van der Waals surface area contributed by atoms with Crippen LogP contribution in [0.4, 0.5) is 0 Å². The van der Waals surface area contributed by atoms with Gasteiger partial charge in [-0.2, -0.15) is 14.5 Å². The number of aryl methyl sites for hydroxylation is 2. The van der Waals surface area contributed by atoms with Crippen LogP contribution in [0.5, 0.6) is 0 Å². The summed E-state index contributed by atoms with van der Waals surface area (Å²) in [7, 11) is 0. The van der Waals surface area contributed by atoms with Crippen molar-refractivity contribution in [3.05, 3.63) is 64.5 Å². The van der Waals surface area contributed by atoms with Gasteiger partial charge < -0.3 is 0 Å². The van der Waals surface area contributed by atoms with E-state index in [0.29, 0.717) is 39.3 Å². The maximum Gasteiger partial charge on any atom is 0.268 e. The number of nitrogens with one attached hydrogen (secondary N) is 1. The second-order valence-electron chi connectivity index (χ2n) is 6.18. The Labute approximate surface area is 162 Å². The van der Waals surface area contributed by atoms with Gasteiger partial charge in [0.25, 0.3) is 11.3 Å². The molecule has 10 heteroatoms. The van der Waals surface area contributed by atoms with Gasteiger partial charge in [-0.15, -0.1) is 10.2 Å². The Morgan fingerprint density at radius 3 is 2.68 bits per heavy atom. The molecule has 0 aliphatic carbocycles. The Balaban J connectivity index is 1.62. The minimum atomic E-state index is -0.245. The van der Waals surface area contributed by atoms with Crippen molar-refractivity contribution >= 4 is 28.4 Å². The maximum atomic E-state index is 13.1. The van der Waals surface area contributed by atoms with Crippen molar-refractivity contribution in [2.24, 2.45) is 0 Å². The Morgan fingerprint density at radius 1 is 1.04 bits per heavy atom. The average Bonchev–Trinajstić information content (AvgIpc) is 3.28. The number of nitrogens with zero attached hydrogens (tertiary/aromatic N) is 7. The fourth-order valence-electron chi connectivity index (χ4n) is 3.04. The van der Waals surface area contributed by atoms with Crippen LogP contribution in [0.1, 0.15) is 11.5 Å². The molecule has 1 N–H and O–H groups in total. The SMILES string of the molecule is Cc1nc2nc(C)c3c(=O)n(-c4nc(Sc5ccccc5)n[nH]4)ccc3n2n1. The molecule has 0 unspecified atom stereocenters. The van der Waals surface area contributed by atoms with E-state index >= 15 is 0 Å². The van der Waals surface area contributed by atoms with Crippen molar-refractivity contribution in [1.29, 1.82) is 0 Å². The van der Waals surface area contributed by atoms with Gasteiger partial charge in [-0.05, 0) is 43.8 Å². The van der Waals surface area contributed by atoms with Crippen molar-refractivity contribution in [2.75, 3.05) is 0 Å². The normalized spacial score (nSPS) is 11.5. The molecule has 0 aliphatic rings. The van der Waals surface area contributed by atoms with E-state index in [4.69, 9.17) is 0 Å². The van der Waals surface area contributed by atoms with Gasteiger partial charge >= 0.3 is 0 Å². The van der Waals surface area contributed by atoms with Crippen molar-refractivity contribution in [3.8, 4) is 5.95 Å². The fourth-order valence-corrected chi connectivity index (χ4v) is 3.77. The van der Waals surface area contributed by atoms with Crippen LogP contribution in [0, 0.1) is 13.8 Å². The summed E-state index contributed by atoms with van der Waals surface area (Å²) >= 11 is 1.42. The minimum Gasteiger partial charge on any atom is -0.268 e. The van der Waals surface area contributed by atoms with E-state index in [9.17, 15) is 4.79 Å². The molecule has 1 aromatic carbocycles. The van der Waals surface area contributed by atoms with Crippen LogP contribution in [0.15, 0.2) is 57.4 Å². The summed E-state index contributed by atoms with van der Waals surface area (Å²) in [6, 6.07) is 11.6. The van der Waals surface area contributed by atoms with Crippen LogP contribution in [0.25, 0.3) is 22.6 Å². The topological polar surface area (TPSA) is 107 Å². The summed E-state index contributed by atoms with van der Waals surface area (Å²) in [4.78, 5) is 27.3.